The highest BCUT2D eigenvalue weighted by Crippen LogP contribution is 2.57. The standard InChI is InChI=1S/C21H20F9NO6S3.C16H11F9NO6S2.C10H16N.C5H10OS/c22-18(23,20(26,27)28)19(24,25)21(29,30)39(32,33)31-40(34,35)37-11-10-36-16-8-9-17(38-12-4-1-5-13-38)15-7-3-2-6-14(15)16;17-13(18,15(21,22)23)14(19,20)16(24,25)33(27,28)26-34(29,30)32-9-8-31-12-7-3-5-10-4-1-2-6-11(10)12;1-11(2,3)9-10-7-5-4-6-8-10;6-7-4-2-1-3-5-7/h2-3,6-9H,1,4-5,10-13H2;1-7H,8-9H2;4-8H,9H2,1-3H3;1-5H2/q;-1;+1;. The average Bonchev–Trinajstić information content (AvgIpc) is 0.730. The summed E-state index contributed by atoms with van der Waals surface area (Å²) in [5.74, 6) is -26.1. The van der Waals surface area contributed by atoms with Gasteiger partial charge in [0.2, 0.25) is 20.6 Å². The first-order valence-corrected chi connectivity index (χ1v) is 34.9. The molecule has 0 amide bonds. The number of fused-ring (bicyclic) bond motifs is 2. The summed E-state index contributed by atoms with van der Waals surface area (Å²) in [6.07, 6.45) is -7.66. The maximum atomic E-state index is 13.7. The Balaban J connectivity index is 0.000000310. The topological polar surface area (TPSA) is 219 Å². The van der Waals surface area contributed by atoms with Crippen LogP contribution in [0.3, 0.4) is 0 Å². The Labute approximate surface area is 522 Å². The van der Waals surface area contributed by atoms with Crippen molar-refractivity contribution in [3.63, 3.8) is 0 Å². The summed E-state index contributed by atoms with van der Waals surface area (Å²) in [5, 5.41) is -11.9. The maximum absolute atomic E-state index is 13.7. The molecule has 2 fully saturated rings. The molecule has 0 aromatic heterocycles. The molecule has 2 saturated heterocycles. The van der Waals surface area contributed by atoms with Crippen molar-refractivity contribution in [2.24, 2.45) is 0 Å². The van der Waals surface area contributed by atoms with E-state index in [1.54, 1.807) is 54.6 Å². The van der Waals surface area contributed by atoms with Gasteiger partial charge in [-0.15, -0.1) is 0 Å². The fraction of sp³-hybridized carbons (Fsp3) is 0.500. The molecule has 2 aliphatic rings. The average molecular weight is 1470 g/mol. The van der Waals surface area contributed by atoms with Gasteiger partial charge in [0.15, 0.2) is 24.9 Å². The van der Waals surface area contributed by atoms with Gasteiger partial charge in [0.05, 0.1) is 34.4 Å². The molecule has 7 rings (SSSR count). The van der Waals surface area contributed by atoms with E-state index in [1.165, 1.54) is 45.2 Å². The number of alkyl halides is 18. The SMILES string of the molecule is C[N+](C)(C)Cc1ccccc1.O=S(=O)([N-]S(=O)(=O)C(F)(F)C(F)(F)C(F)(F)C(F)(F)F)OCCOc1ccc([S+]2CCCCC2)c2ccccc12.O=S(=O)([N-]S(=O)(=O)C(F)(F)C(F)(F)C(F)(F)C(F)(F)F)OCCOc1cccc2ccccc12.O=S1CCCCC1. The Morgan fingerprint density at radius 3 is 1.26 bits per heavy atom. The summed E-state index contributed by atoms with van der Waals surface area (Å²) in [4.78, 5) is 1.10. The van der Waals surface area contributed by atoms with Gasteiger partial charge in [-0.25, -0.2) is 33.7 Å². The number of ether oxygens (including phenoxy) is 2. The smallest absolute Gasteiger partial charge is 0.460 e. The molecule has 0 radical (unpaired) electrons. The van der Waals surface area contributed by atoms with E-state index in [1.807, 2.05) is 12.1 Å². The van der Waals surface area contributed by atoms with Crippen molar-refractivity contribution < 1.29 is 139 Å². The summed E-state index contributed by atoms with van der Waals surface area (Å²) in [6.45, 7) is -2.53. The highest BCUT2D eigenvalue weighted by atomic mass is 32.3. The Hall–Kier alpha value is -4.94. The van der Waals surface area contributed by atoms with E-state index in [9.17, 15) is 117 Å². The van der Waals surface area contributed by atoms with Gasteiger partial charge in [-0.3, -0.25) is 12.6 Å². The molecule has 0 atom stereocenters. The first-order chi connectivity index (χ1) is 42.0. The number of halogens is 18. The molecule has 520 valence electrons. The summed E-state index contributed by atoms with van der Waals surface area (Å²) in [5.41, 5.74) is 1.40. The van der Waals surface area contributed by atoms with Gasteiger partial charge in [0.25, 0.3) is 0 Å². The van der Waals surface area contributed by atoms with Crippen molar-refractivity contribution in [2.45, 2.75) is 96.5 Å². The maximum Gasteiger partial charge on any atom is 0.460 e. The Morgan fingerprint density at radius 2 is 0.837 bits per heavy atom. The summed E-state index contributed by atoms with van der Waals surface area (Å²) in [7, 11) is -21.0. The van der Waals surface area contributed by atoms with Gasteiger partial charge in [-0.1, -0.05) is 91.3 Å². The molecule has 16 nitrogen and oxygen atoms in total. The van der Waals surface area contributed by atoms with Crippen LogP contribution in [0, 0.1) is 0 Å². The van der Waals surface area contributed by atoms with Crippen LogP contribution in [0.2, 0.25) is 0 Å². The predicted octanol–water partition coefficient (Wildman–Crippen LogP) is 13.2. The third kappa shape index (κ3) is 20.1. The first kappa shape index (κ1) is 79.5. The normalized spacial score (nSPS) is 15.9. The zero-order chi connectivity index (χ0) is 69.9. The van der Waals surface area contributed by atoms with Crippen LogP contribution >= 0.6 is 0 Å². The fourth-order valence-corrected chi connectivity index (χ4v) is 16.2. The molecule has 5 aromatic carbocycles. The van der Waals surface area contributed by atoms with Crippen molar-refractivity contribution in [3.05, 3.63) is 123 Å². The summed E-state index contributed by atoms with van der Waals surface area (Å²) >= 11 is 0. The molecule has 0 aliphatic carbocycles. The van der Waals surface area contributed by atoms with Crippen molar-refractivity contribution in [3.8, 4) is 11.5 Å². The lowest BCUT2D eigenvalue weighted by Crippen LogP contribution is -2.63. The van der Waals surface area contributed by atoms with Gasteiger partial charge in [0.1, 0.15) is 42.8 Å². The highest BCUT2D eigenvalue weighted by Gasteiger charge is 2.85. The number of quaternary nitrogens is 1. The molecule has 2 aliphatic heterocycles. The minimum absolute atomic E-state index is 0.00268. The third-order valence-electron chi connectivity index (χ3n) is 12.3. The second-order valence-corrected chi connectivity index (χ2v) is 30.8. The van der Waals surface area contributed by atoms with E-state index >= 15 is 0 Å². The van der Waals surface area contributed by atoms with Gasteiger partial charge in [-0.2, -0.15) is 79.0 Å². The Bertz CT molecular complexity index is 3740. The van der Waals surface area contributed by atoms with E-state index in [0.717, 1.165) is 63.6 Å². The molecule has 2 heterocycles. The van der Waals surface area contributed by atoms with Crippen molar-refractivity contribution >= 4 is 83.9 Å². The van der Waals surface area contributed by atoms with E-state index in [-0.39, 0.29) is 22.4 Å². The molecule has 0 N–H and O–H groups in total. The van der Waals surface area contributed by atoms with E-state index in [0.29, 0.717) is 16.2 Å². The van der Waals surface area contributed by atoms with Crippen LogP contribution in [-0.2, 0) is 77.3 Å². The number of hydrogen-bond acceptors (Lipinski definition) is 13. The highest BCUT2D eigenvalue weighted by molar-refractivity contribution is 8.11. The largest absolute Gasteiger partial charge is 0.490 e. The van der Waals surface area contributed by atoms with Gasteiger partial charge < -0.3 is 22.2 Å². The molecule has 92 heavy (non-hydrogen) atoms. The molecule has 0 spiro atoms. The van der Waals surface area contributed by atoms with Crippen LogP contribution in [0.5, 0.6) is 11.5 Å². The lowest BCUT2D eigenvalue weighted by Gasteiger charge is -2.36. The van der Waals surface area contributed by atoms with Gasteiger partial charge in [-0.05, 0) is 61.8 Å². The van der Waals surface area contributed by atoms with Crippen LogP contribution in [0.4, 0.5) is 79.0 Å². The van der Waals surface area contributed by atoms with Gasteiger partial charge in [0, 0.05) is 54.9 Å². The second-order valence-electron chi connectivity index (χ2n) is 20.5. The van der Waals surface area contributed by atoms with Crippen molar-refractivity contribution in [2.75, 3.05) is 70.6 Å². The molecule has 40 heteroatoms. The van der Waals surface area contributed by atoms with Crippen LogP contribution in [0.25, 0.3) is 29.8 Å². The van der Waals surface area contributed by atoms with E-state index in [2.05, 4.69) is 59.8 Å². The minimum atomic E-state index is -7.63. The molecule has 5 aromatic rings. The number of nitrogens with zero attached hydrogens (tertiary/aromatic N) is 3. The van der Waals surface area contributed by atoms with Crippen LogP contribution in [0.15, 0.2) is 114 Å². The Kier molecular flexibility index (Phi) is 26.7. The van der Waals surface area contributed by atoms with Crippen LogP contribution < -0.4 is 9.47 Å². The van der Waals surface area contributed by atoms with E-state index in [4.69, 9.17) is 9.47 Å². The fourth-order valence-electron chi connectivity index (χ4n) is 7.93. The molecular formula is C52H57F18N3O13S6. The lowest BCUT2D eigenvalue weighted by molar-refractivity contribution is -0.884. The quantitative estimate of drug-likeness (QED) is 0.0257. The van der Waals surface area contributed by atoms with Gasteiger partial charge >= 0.3 is 46.6 Å². The van der Waals surface area contributed by atoms with Crippen LogP contribution in [0.1, 0.15) is 44.1 Å². The predicted molar refractivity (Wildman–Crippen MR) is 304 cm³/mol. The number of sulfonamides is 2. The summed E-state index contributed by atoms with van der Waals surface area (Å²) in [6, 6.07) is 32.3. The monoisotopic (exact) mass is 1470 g/mol. The lowest BCUT2D eigenvalue weighted by atomic mass is 10.1. The molecule has 0 bridgehead atoms. The first-order valence-electron chi connectivity index (χ1n) is 26.3. The molecular weight excluding hydrogens is 1410 g/mol. The van der Waals surface area contributed by atoms with Crippen LogP contribution in [-0.4, -0.2) is 159 Å². The number of hydrogen-bond donors (Lipinski definition) is 0. The molecule has 0 unspecified atom stereocenters. The van der Waals surface area contributed by atoms with Crippen molar-refractivity contribution in [1.29, 1.82) is 0 Å². The zero-order valence-corrected chi connectivity index (χ0v) is 52.8. The van der Waals surface area contributed by atoms with E-state index < -0.39 is 124 Å². The zero-order valence-electron chi connectivity index (χ0n) is 47.9. The summed E-state index contributed by atoms with van der Waals surface area (Å²) < 4.78 is 357. The third-order valence-corrected chi connectivity index (χ3v) is 22.1. The number of rotatable bonds is 23. The molecule has 0 saturated carbocycles. The number of benzene rings is 5. The second kappa shape index (κ2) is 30.9. The Morgan fingerprint density at radius 1 is 0.446 bits per heavy atom. The van der Waals surface area contributed by atoms with Crippen molar-refractivity contribution in [1.82, 2.24) is 0 Å². The minimum Gasteiger partial charge on any atom is -0.490 e.